The molecule has 202 valence electrons. The van der Waals surface area contributed by atoms with E-state index in [2.05, 4.69) is 11.2 Å². The Balaban J connectivity index is 1.44. The highest BCUT2D eigenvalue weighted by Gasteiger charge is 2.52. The number of halogens is 1. The lowest BCUT2D eigenvalue weighted by molar-refractivity contribution is -0.126. The number of ether oxygens (including phenoxy) is 1. The Kier molecular flexibility index (Phi) is 7.58. The lowest BCUT2D eigenvalue weighted by atomic mass is 9.88. The van der Waals surface area contributed by atoms with E-state index in [0.717, 1.165) is 19.3 Å². The van der Waals surface area contributed by atoms with Crippen LogP contribution in [-0.2, 0) is 16.0 Å². The highest BCUT2D eigenvalue weighted by atomic mass is 19.1. The molecule has 1 aliphatic carbocycles. The number of nitrogens with zero attached hydrogens (tertiary/aromatic N) is 5. The van der Waals surface area contributed by atoms with Gasteiger partial charge < -0.3 is 9.64 Å². The minimum absolute atomic E-state index is 0.0230. The normalized spacial score (nSPS) is 21.2. The first kappa shape index (κ1) is 27.3. The molecule has 1 saturated carbocycles. The Morgan fingerprint density at radius 1 is 1.26 bits per heavy atom. The second-order valence-electron chi connectivity index (χ2n) is 11.4. The molecule has 2 amide bonds. The third-order valence-electron chi connectivity index (χ3n) is 7.15. The molecule has 1 aromatic heterocycles. The van der Waals surface area contributed by atoms with E-state index in [-0.39, 0.29) is 36.5 Å². The van der Waals surface area contributed by atoms with Crippen molar-refractivity contribution in [3.05, 3.63) is 47.5 Å². The highest BCUT2D eigenvalue weighted by Crippen LogP contribution is 2.44. The van der Waals surface area contributed by atoms with Gasteiger partial charge in [-0.3, -0.25) is 14.5 Å². The molecule has 2 bridgehead atoms. The largest absolute Gasteiger partial charge is 0.444 e. The fraction of sp³-hybridized carbons (Fsp3) is 0.536. The summed E-state index contributed by atoms with van der Waals surface area (Å²) in [6.07, 6.45) is 4.91. The first-order chi connectivity index (χ1) is 17.9. The third kappa shape index (κ3) is 5.72. The molecular formula is C28H34FN5O4. The van der Waals surface area contributed by atoms with Gasteiger partial charge in [0.25, 0.3) is 5.91 Å². The molecule has 0 unspecified atom stereocenters. The lowest BCUT2D eigenvalue weighted by Crippen LogP contribution is -2.51. The SMILES string of the molecule is CN(C)C(=O)c1cnn(-c2ccc(C[C@@H](C#N)CC(=O)[C@@H]3[C@H]4CC[C@H](C4)N3C(=O)OC(C)(C)C)c(F)c2)c1. The maximum atomic E-state index is 15.0. The van der Waals surface area contributed by atoms with Crippen LogP contribution < -0.4 is 0 Å². The van der Waals surface area contributed by atoms with E-state index >= 15 is 4.39 Å². The molecule has 2 aromatic rings. The summed E-state index contributed by atoms with van der Waals surface area (Å²) in [4.78, 5) is 41.4. The van der Waals surface area contributed by atoms with Gasteiger partial charge in [-0.2, -0.15) is 10.4 Å². The van der Waals surface area contributed by atoms with Crippen molar-refractivity contribution >= 4 is 17.8 Å². The van der Waals surface area contributed by atoms with Crippen molar-refractivity contribution in [2.75, 3.05) is 14.1 Å². The smallest absolute Gasteiger partial charge is 0.411 e. The topological polar surface area (TPSA) is 109 Å². The van der Waals surface area contributed by atoms with Crippen LogP contribution in [0.15, 0.2) is 30.6 Å². The number of fused-ring (bicyclic) bond motifs is 2. The predicted molar refractivity (Wildman–Crippen MR) is 137 cm³/mol. The van der Waals surface area contributed by atoms with Crippen molar-refractivity contribution in [3.63, 3.8) is 0 Å². The molecule has 0 radical (unpaired) electrons. The number of aromatic nitrogens is 2. The van der Waals surface area contributed by atoms with E-state index in [9.17, 15) is 19.6 Å². The van der Waals surface area contributed by atoms with Crippen LogP contribution in [0.1, 0.15) is 62.4 Å². The van der Waals surface area contributed by atoms with Crippen LogP contribution >= 0.6 is 0 Å². The summed E-state index contributed by atoms with van der Waals surface area (Å²) in [6, 6.07) is 6.04. The lowest BCUT2D eigenvalue weighted by Gasteiger charge is -2.35. The molecule has 0 spiro atoms. The van der Waals surface area contributed by atoms with Gasteiger partial charge in [0, 0.05) is 32.8 Å². The first-order valence-electron chi connectivity index (χ1n) is 12.9. The van der Waals surface area contributed by atoms with Crippen molar-refractivity contribution in [3.8, 4) is 11.8 Å². The average Bonchev–Trinajstić information content (AvgIpc) is 3.59. The van der Waals surface area contributed by atoms with E-state index < -0.39 is 29.5 Å². The van der Waals surface area contributed by atoms with Gasteiger partial charge in [0.05, 0.1) is 35.5 Å². The summed E-state index contributed by atoms with van der Waals surface area (Å²) in [5.74, 6) is -1.59. The Morgan fingerprint density at radius 3 is 2.63 bits per heavy atom. The molecule has 4 atom stereocenters. The molecule has 1 aliphatic heterocycles. The number of Topliss-reactive ketones (excluding diaryl/α,β-unsaturated/α-hetero) is 1. The first-order valence-corrected chi connectivity index (χ1v) is 12.9. The number of amides is 2. The third-order valence-corrected chi connectivity index (χ3v) is 7.15. The number of piperidine rings is 1. The molecule has 1 saturated heterocycles. The molecule has 2 fully saturated rings. The molecule has 2 aliphatic rings. The number of likely N-dealkylation sites (tertiary alicyclic amines) is 1. The van der Waals surface area contributed by atoms with Crippen LogP contribution in [0.2, 0.25) is 0 Å². The average molecular weight is 524 g/mol. The zero-order chi connectivity index (χ0) is 27.8. The van der Waals surface area contributed by atoms with Gasteiger partial charge in [0.2, 0.25) is 0 Å². The summed E-state index contributed by atoms with van der Waals surface area (Å²) in [6.45, 7) is 5.36. The van der Waals surface area contributed by atoms with Gasteiger partial charge in [-0.15, -0.1) is 0 Å². The number of hydrogen-bond donors (Lipinski definition) is 0. The molecule has 10 heteroatoms. The summed E-state index contributed by atoms with van der Waals surface area (Å²) < 4.78 is 22.0. The predicted octanol–water partition coefficient (Wildman–Crippen LogP) is 4.14. The molecule has 0 N–H and O–H groups in total. The van der Waals surface area contributed by atoms with Gasteiger partial charge in [-0.1, -0.05) is 6.07 Å². The Labute approximate surface area is 222 Å². The maximum absolute atomic E-state index is 15.0. The number of ketones is 1. The van der Waals surface area contributed by atoms with Crippen molar-refractivity contribution < 1.29 is 23.5 Å². The Hall–Kier alpha value is -3.74. The summed E-state index contributed by atoms with van der Waals surface area (Å²) in [5, 5.41) is 13.9. The summed E-state index contributed by atoms with van der Waals surface area (Å²) >= 11 is 0. The molecule has 38 heavy (non-hydrogen) atoms. The number of rotatable bonds is 7. The second kappa shape index (κ2) is 10.6. The molecule has 2 heterocycles. The number of nitriles is 1. The number of carbonyl (C=O) groups excluding carboxylic acids is 3. The number of hydrogen-bond acceptors (Lipinski definition) is 6. The van der Waals surface area contributed by atoms with Crippen LogP contribution in [0.5, 0.6) is 0 Å². The fourth-order valence-corrected chi connectivity index (χ4v) is 5.45. The van der Waals surface area contributed by atoms with Crippen LogP contribution in [0.25, 0.3) is 5.69 Å². The van der Waals surface area contributed by atoms with Crippen molar-refractivity contribution in [1.29, 1.82) is 5.26 Å². The van der Waals surface area contributed by atoms with Crippen LogP contribution in [0.3, 0.4) is 0 Å². The van der Waals surface area contributed by atoms with Gasteiger partial charge >= 0.3 is 6.09 Å². The minimum atomic E-state index is -0.739. The van der Waals surface area contributed by atoms with E-state index in [4.69, 9.17) is 4.74 Å². The van der Waals surface area contributed by atoms with Gasteiger partial charge in [0.1, 0.15) is 11.4 Å². The fourth-order valence-electron chi connectivity index (χ4n) is 5.45. The van der Waals surface area contributed by atoms with Crippen LogP contribution in [-0.4, -0.2) is 69.1 Å². The Bertz CT molecular complexity index is 1270. The Morgan fingerprint density at radius 2 is 2.00 bits per heavy atom. The van der Waals surface area contributed by atoms with E-state index in [1.165, 1.54) is 28.0 Å². The highest BCUT2D eigenvalue weighted by molar-refractivity contribution is 5.93. The quantitative estimate of drug-likeness (QED) is 0.540. The summed E-state index contributed by atoms with van der Waals surface area (Å²) in [5.41, 5.74) is 0.444. The van der Waals surface area contributed by atoms with Crippen LogP contribution in [0, 0.1) is 29.0 Å². The van der Waals surface area contributed by atoms with Gasteiger partial charge in [0.15, 0.2) is 5.78 Å². The maximum Gasteiger partial charge on any atom is 0.411 e. The van der Waals surface area contributed by atoms with Gasteiger partial charge in [-0.25, -0.2) is 13.9 Å². The van der Waals surface area contributed by atoms with Crippen molar-refractivity contribution in [1.82, 2.24) is 19.6 Å². The van der Waals surface area contributed by atoms with Crippen molar-refractivity contribution in [2.24, 2.45) is 11.8 Å². The van der Waals surface area contributed by atoms with E-state index in [1.807, 2.05) is 0 Å². The molecule has 1 aromatic carbocycles. The molecule has 9 nitrogen and oxygen atoms in total. The van der Waals surface area contributed by atoms with E-state index in [0.29, 0.717) is 16.8 Å². The summed E-state index contributed by atoms with van der Waals surface area (Å²) in [7, 11) is 3.27. The van der Waals surface area contributed by atoms with Crippen molar-refractivity contribution in [2.45, 2.75) is 70.6 Å². The standard InChI is InChI=1S/C28H34FN5O4/c1-28(2,3)38-27(37)34-22-9-7-19(12-22)25(34)24(35)11-17(14-30)10-18-6-8-21(13-23(18)29)33-16-20(15-31-33)26(36)32(4)5/h6,8,13,15-17,19,22,25H,7,9-12H2,1-5H3/t17-,19+,22-,25+/m1/s1. The number of carbonyl (C=O) groups is 3. The zero-order valence-corrected chi connectivity index (χ0v) is 22.5. The second-order valence-corrected chi connectivity index (χ2v) is 11.4. The minimum Gasteiger partial charge on any atom is -0.444 e. The van der Waals surface area contributed by atoms with Crippen LogP contribution in [0.4, 0.5) is 9.18 Å². The zero-order valence-electron chi connectivity index (χ0n) is 22.5. The monoisotopic (exact) mass is 523 g/mol. The van der Waals surface area contributed by atoms with Gasteiger partial charge in [-0.05, 0) is 70.1 Å². The molecule has 4 rings (SSSR count). The van der Waals surface area contributed by atoms with E-state index in [1.54, 1.807) is 51.9 Å². The molecular weight excluding hydrogens is 489 g/mol. The number of benzene rings is 1.